The molecular formula is C16H14O6S. The van der Waals surface area contributed by atoms with Crippen molar-refractivity contribution in [3.8, 4) is 17.2 Å². The van der Waals surface area contributed by atoms with E-state index in [2.05, 4.69) is 0 Å². The topological polar surface area (TPSA) is 78.9 Å². The first-order valence-electron chi connectivity index (χ1n) is 6.82. The van der Waals surface area contributed by atoms with E-state index in [0.29, 0.717) is 23.3 Å². The molecule has 0 spiro atoms. The maximum atomic E-state index is 12.4. The molecule has 23 heavy (non-hydrogen) atoms. The van der Waals surface area contributed by atoms with Gasteiger partial charge in [-0.3, -0.25) is 4.79 Å². The standard InChI is InChI=1S/C16H14O6S/c1-10-3-5-13(6-4-10)23(18,19)22-15-11(2)16-14(20-9-21-16)7-12(15)8-17/h3-8H,9H2,1-2H3. The first-order chi connectivity index (χ1) is 10.9. The summed E-state index contributed by atoms with van der Waals surface area (Å²) in [5.74, 6) is 0.721. The summed E-state index contributed by atoms with van der Waals surface area (Å²) >= 11 is 0. The third kappa shape index (κ3) is 2.75. The Morgan fingerprint density at radius 2 is 1.83 bits per heavy atom. The predicted molar refractivity (Wildman–Crippen MR) is 81.7 cm³/mol. The zero-order chi connectivity index (χ0) is 16.6. The van der Waals surface area contributed by atoms with Gasteiger partial charge >= 0.3 is 10.1 Å². The van der Waals surface area contributed by atoms with Crippen LogP contribution in [-0.4, -0.2) is 21.5 Å². The maximum Gasteiger partial charge on any atom is 0.339 e. The lowest BCUT2D eigenvalue weighted by atomic mass is 10.1. The summed E-state index contributed by atoms with van der Waals surface area (Å²) in [6.45, 7) is 3.48. The minimum absolute atomic E-state index is 0.0111. The molecule has 6 nitrogen and oxygen atoms in total. The Hall–Kier alpha value is -2.54. The van der Waals surface area contributed by atoms with Gasteiger partial charge in [0.05, 0.1) is 5.56 Å². The van der Waals surface area contributed by atoms with Crippen molar-refractivity contribution in [2.75, 3.05) is 6.79 Å². The van der Waals surface area contributed by atoms with Gasteiger partial charge < -0.3 is 13.7 Å². The van der Waals surface area contributed by atoms with Crippen LogP contribution in [0, 0.1) is 13.8 Å². The van der Waals surface area contributed by atoms with Crippen molar-refractivity contribution in [2.45, 2.75) is 18.7 Å². The number of fused-ring (bicyclic) bond motifs is 1. The van der Waals surface area contributed by atoms with Gasteiger partial charge in [0.15, 0.2) is 23.5 Å². The van der Waals surface area contributed by atoms with Crippen molar-refractivity contribution in [1.29, 1.82) is 0 Å². The van der Waals surface area contributed by atoms with Gasteiger partial charge in [0, 0.05) is 5.56 Å². The molecule has 1 heterocycles. The monoisotopic (exact) mass is 334 g/mol. The normalized spacial score (nSPS) is 13.0. The van der Waals surface area contributed by atoms with Crippen LogP contribution in [0.1, 0.15) is 21.5 Å². The van der Waals surface area contributed by atoms with E-state index in [1.807, 2.05) is 6.92 Å². The van der Waals surface area contributed by atoms with E-state index in [9.17, 15) is 13.2 Å². The van der Waals surface area contributed by atoms with Crippen LogP contribution in [0.25, 0.3) is 0 Å². The Morgan fingerprint density at radius 1 is 1.13 bits per heavy atom. The van der Waals surface area contributed by atoms with Gasteiger partial charge in [-0.2, -0.15) is 8.42 Å². The molecule has 2 aromatic rings. The lowest BCUT2D eigenvalue weighted by molar-refractivity contribution is 0.112. The third-order valence-electron chi connectivity index (χ3n) is 3.50. The zero-order valence-electron chi connectivity index (χ0n) is 12.5. The van der Waals surface area contributed by atoms with Crippen LogP contribution in [0.3, 0.4) is 0 Å². The molecule has 2 aromatic carbocycles. The van der Waals surface area contributed by atoms with Gasteiger partial charge in [-0.05, 0) is 32.0 Å². The third-order valence-corrected chi connectivity index (χ3v) is 4.74. The van der Waals surface area contributed by atoms with E-state index in [-0.39, 0.29) is 23.0 Å². The lowest BCUT2D eigenvalue weighted by Gasteiger charge is -2.13. The molecule has 3 rings (SSSR count). The summed E-state index contributed by atoms with van der Waals surface area (Å²) in [6, 6.07) is 7.65. The number of aryl methyl sites for hydroxylation is 1. The Labute approximate surface area is 133 Å². The highest BCUT2D eigenvalue weighted by Gasteiger charge is 2.26. The fourth-order valence-corrected chi connectivity index (χ4v) is 3.28. The summed E-state index contributed by atoms with van der Waals surface area (Å²) in [7, 11) is -4.06. The number of aldehydes is 1. The molecule has 0 radical (unpaired) electrons. The molecule has 1 aliphatic heterocycles. The van der Waals surface area contributed by atoms with E-state index in [1.165, 1.54) is 18.2 Å². The summed E-state index contributed by atoms with van der Waals surface area (Å²) < 4.78 is 40.6. The number of carbonyl (C=O) groups excluding carboxylic acids is 1. The van der Waals surface area contributed by atoms with Crippen molar-refractivity contribution in [3.63, 3.8) is 0 Å². The van der Waals surface area contributed by atoms with Crippen molar-refractivity contribution >= 4 is 16.4 Å². The molecule has 0 saturated carbocycles. The Morgan fingerprint density at radius 3 is 2.48 bits per heavy atom. The summed E-state index contributed by atoms with van der Waals surface area (Å²) in [4.78, 5) is 11.3. The molecule has 1 aliphatic rings. The quantitative estimate of drug-likeness (QED) is 0.632. The Kier molecular flexibility index (Phi) is 3.73. The van der Waals surface area contributed by atoms with E-state index in [1.54, 1.807) is 19.1 Å². The zero-order valence-corrected chi connectivity index (χ0v) is 13.3. The van der Waals surface area contributed by atoms with E-state index < -0.39 is 10.1 Å². The summed E-state index contributed by atoms with van der Waals surface area (Å²) in [5.41, 5.74) is 1.41. The second-order valence-corrected chi connectivity index (χ2v) is 6.67. The van der Waals surface area contributed by atoms with Crippen LogP contribution < -0.4 is 13.7 Å². The minimum atomic E-state index is -4.06. The summed E-state index contributed by atoms with van der Waals surface area (Å²) in [6.07, 6.45) is 0.523. The van der Waals surface area contributed by atoms with Crippen LogP contribution in [-0.2, 0) is 10.1 Å². The Bertz CT molecular complexity index is 868. The molecule has 0 amide bonds. The fraction of sp³-hybridized carbons (Fsp3) is 0.188. The molecule has 0 bridgehead atoms. The SMILES string of the molecule is Cc1ccc(S(=O)(=O)Oc2c(C=O)cc3c(c2C)OCO3)cc1. The molecular weight excluding hydrogens is 320 g/mol. The van der Waals surface area contributed by atoms with E-state index in [4.69, 9.17) is 13.7 Å². The Balaban J connectivity index is 2.06. The van der Waals surface area contributed by atoms with Crippen molar-refractivity contribution < 1.29 is 26.9 Å². The first kappa shape index (κ1) is 15.4. The van der Waals surface area contributed by atoms with Gasteiger partial charge in [-0.15, -0.1) is 0 Å². The smallest absolute Gasteiger partial charge is 0.339 e. The van der Waals surface area contributed by atoms with Crippen LogP contribution >= 0.6 is 0 Å². The van der Waals surface area contributed by atoms with Gasteiger partial charge in [0.25, 0.3) is 0 Å². The first-order valence-corrected chi connectivity index (χ1v) is 8.23. The van der Waals surface area contributed by atoms with Gasteiger partial charge in [0.1, 0.15) is 4.90 Å². The average molecular weight is 334 g/mol. The van der Waals surface area contributed by atoms with Gasteiger partial charge in [-0.1, -0.05) is 17.7 Å². The van der Waals surface area contributed by atoms with Gasteiger partial charge in [0.2, 0.25) is 6.79 Å². The highest BCUT2D eigenvalue weighted by molar-refractivity contribution is 7.87. The highest BCUT2D eigenvalue weighted by atomic mass is 32.2. The highest BCUT2D eigenvalue weighted by Crippen LogP contribution is 2.43. The maximum absolute atomic E-state index is 12.4. The number of benzene rings is 2. The molecule has 0 atom stereocenters. The second-order valence-electron chi connectivity index (χ2n) is 5.12. The minimum Gasteiger partial charge on any atom is -0.454 e. The predicted octanol–water partition coefficient (Wildman–Crippen LogP) is 2.61. The van der Waals surface area contributed by atoms with Crippen molar-refractivity contribution in [1.82, 2.24) is 0 Å². The fourth-order valence-electron chi connectivity index (χ4n) is 2.28. The molecule has 7 heteroatoms. The molecule has 0 saturated heterocycles. The van der Waals surface area contributed by atoms with Gasteiger partial charge in [-0.25, -0.2) is 0 Å². The summed E-state index contributed by atoms with van der Waals surface area (Å²) in [5, 5.41) is 0. The molecule has 0 aromatic heterocycles. The molecule has 0 fully saturated rings. The van der Waals surface area contributed by atoms with E-state index >= 15 is 0 Å². The second kappa shape index (κ2) is 5.58. The number of hydrogen-bond acceptors (Lipinski definition) is 6. The van der Waals surface area contributed by atoms with Crippen molar-refractivity contribution in [3.05, 3.63) is 47.0 Å². The van der Waals surface area contributed by atoms with Crippen LogP contribution in [0.2, 0.25) is 0 Å². The molecule has 120 valence electrons. The largest absolute Gasteiger partial charge is 0.454 e. The molecule has 0 unspecified atom stereocenters. The van der Waals surface area contributed by atoms with Crippen molar-refractivity contribution in [2.24, 2.45) is 0 Å². The van der Waals surface area contributed by atoms with E-state index in [0.717, 1.165) is 5.56 Å². The van der Waals surface area contributed by atoms with Crippen LogP contribution in [0.4, 0.5) is 0 Å². The lowest BCUT2D eigenvalue weighted by Crippen LogP contribution is -2.12. The number of carbonyl (C=O) groups is 1. The molecule has 0 N–H and O–H groups in total. The number of rotatable bonds is 4. The van der Waals surface area contributed by atoms with Crippen LogP contribution in [0.15, 0.2) is 35.2 Å². The molecule has 0 aliphatic carbocycles. The average Bonchev–Trinajstić information content (AvgIpc) is 2.99. The number of ether oxygens (including phenoxy) is 2. The number of hydrogen-bond donors (Lipinski definition) is 0. The van der Waals surface area contributed by atoms with Crippen LogP contribution in [0.5, 0.6) is 17.2 Å².